The van der Waals surface area contributed by atoms with Crippen LogP contribution in [0.1, 0.15) is 27.2 Å². The topological polar surface area (TPSA) is 58.6 Å². The Morgan fingerprint density at radius 1 is 1.35 bits per heavy atom. The summed E-state index contributed by atoms with van der Waals surface area (Å²) >= 11 is 0. The molecule has 0 aromatic heterocycles. The molecule has 5 nitrogen and oxygen atoms in total. The maximum atomic E-state index is 12.5. The molecule has 0 unspecified atom stereocenters. The molecule has 1 N–H and O–H groups in total. The average molecular weight is 276 g/mol. The lowest BCUT2D eigenvalue weighted by atomic mass is 9.98. The van der Waals surface area contributed by atoms with Crippen molar-refractivity contribution in [2.24, 2.45) is 0 Å². The third kappa shape index (κ3) is 2.76. The normalized spacial score (nSPS) is 16.4. The van der Waals surface area contributed by atoms with Crippen LogP contribution in [0.5, 0.6) is 0 Å². The Morgan fingerprint density at radius 3 is 2.75 bits per heavy atom. The monoisotopic (exact) mass is 276 g/mol. The fraction of sp³-hybridized carbons (Fsp3) is 0.467. The van der Waals surface area contributed by atoms with Crippen LogP contribution in [0.4, 0.5) is 11.4 Å². The summed E-state index contributed by atoms with van der Waals surface area (Å²) in [4.78, 5) is 25.3. The number of hydrogen-bond donors (Lipinski definition) is 1. The number of rotatable bonds is 4. The van der Waals surface area contributed by atoms with Crippen LogP contribution in [0.3, 0.4) is 0 Å². The molecule has 0 saturated carbocycles. The van der Waals surface area contributed by atoms with Gasteiger partial charge in [0.15, 0.2) is 0 Å². The first-order valence-electron chi connectivity index (χ1n) is 6.80. The smallest absolute Gasteiger partial charge is 0.305 e. The Morgan fingerprint density at radius 2 is 2.05 bits per heavy atom. The zero-order valence-corrected chi connectivity index (χ0v) is 12.1. The molecule has 0 radical (unpaired) electrons. The van der Waals surface area contributed by atoms with Crippen molar-refractivity contribution in [3.8, 4) is 0 Å². The predicted octanol–water partition coefficient (Wildman–Crippen LogP) is 2.18. The number of esters is 1. The van der Waals surface area contributed by atoms with Crippen LogP contribution in [0.2, 0.25) is 0 Å². The number of ether oxygens (including phenoxy) is 1. The molecule has 20 heavy (non-hydrogen) atoms. The van der Waals surface area contributed by atoms with Crippen LogP contribution in [-0.4, -0.2) is 30.6 Å². The Bertz CT molecular complexity index is 526. The lowest BCUT2D eigenvalue weighted by Gasteiger charge is -2.39. The summed E-state index contributed by atoms with van der Waals surface area (Å²) in [6.45, 7) is 6.01. The molecule has 0 spiro atoms. The van der Waals surface area contributed by atoms with Gasteiger partial charge in [-0.05, 0) is 26.0 Å². The van der Waals surface area contributed by atoms with Gasteiger partial charge in [0.2, 0.25) is 0 Å². The van der Waals surface area contributed by atoms with E-state index in [0.717, 1.165) is 11.4 Å². The van der Waals surface area contributed by atoms with Crippen molar-refractivity contribution in [1.82, 2.24) is 0 Å². The van der Waals surface area contributed by atoms with E-state index in [1.807, 2.05) is 38.1 Å². The quantitative estimate of drug-likeness (QED) is 0.856. The van der Waals surface area contributed by atoms with Crippen molar-refractivity contribution < 1.29 is 14.3 Å². The van der Waals surface area contributed by atoms with E-state index < -0.39 is 5.54 Å². The fourth-order valence-corrected chi connectivity index (χ4v) is 2.23. The lowest BCUT2D eigenvalue weighted by molar-refractivity contribution is -0.143. The number of benzene rings is 1. The maximum absolute atomic E-state index is 12.5. The van der Waals surface area contributed by atoms with Crippen LogP contribution >= 0.6 is 0 Å². The van der Waals surface area contributed by atoms with Crippen LogP contribution in [0.15, 0.2) is 24.3 Å². The molecule has 108 valence electrons. The molecule has 1 heterocycles. The maximum Gasteiger partial charge on any atom is 0.305 e. The van der Waals surface area contributed by atoms with Crippen molar-refractivity contribution in [3.63, 3.8) is 0 Å². The molecule has 1 aromatic rings. The Balaban J connectivity index is 2.17. The van der Waals surface area contributed by atoms with E-state index in [4.69, 9.17) is 4.74 Å². The van der Waals surface area contributed by atoms with E-state index in [2.05, 4.69) is 5.32 Å². The highest BCUT2D eigenvalue weighted by atomic mass is 16.5. The third-order valence-corrected chi connectivity index (χ3v) is 3.29. The van der Waals surface area contributed by atoms with Crippen molar-refractivity contribution >= 4 is 23.3 Å². The summed E-state index contributed by atoms with van der Waals surface area (Å²) in [5, 5.41) is 3.23. The molecule has 1 aliphatic rings. The number of nitrogens with one attached hydrogen (secondary N) is 1. The van der Waals surface area contributed by atoms with Gasteiger partial charge in [-0.2, -0.15) is 0 Å². The molecule has 1 aliphatic heterocycles. The Labute approximate surface area is 118 Å². The first kappa shape index (κ1) is 14.4. The zero-order valence-electron chi connectivity index (χ0n) is 12.1. The highest BCUT2D eigenvalue weighted by Crippen LogP contribution is 2.34. The van der Waals surface area contributed by atoms with Crippen molar-refractivity contribution in [1.29, 1.82) is 0 Å². The minimum absolute atomic E-state index is 0.0243. The van der Waals surface area contributed by atoms with Crippen LogP contribution in [0.25, 0.3) is 0 Å². The van der Waals surface area contributed by atoms with E-state index >= 15 is 0 Å². The van der Waals surface area contributed by atoms with Crippen LogP contribution in [0, 0.1) is 0 Å². The average Bonchev–Trinajstić information content (AvgIpc) is 2.42. The first-order chi connectivity index (χ1) is 9.45. The van der Waals surface area contributed by atoms with Crippen LogP contribution in [-0.2, 0) is 14.3 Å². The van der Waals surface area contributed by atoms with Crippen molar-refractivity contribution in [2.45, 2.75) is 32.7 Å². The Kier molecular flexibility index (Phi) is 3.97. The number of carbonyl (C=O) groups excluding carboxylic acids is 2. The molecule has 0 fully saturated rings. The molecular weight excluding hydrogens is 256 g/mol. The summed E-state index contributed by atoms with van der Waals surface area (Å²) in [5.41, 5.74) is 1.08. The summed E-state index contributed by atoms with van der Waals surface area (Å²) in [6.07, 6.45) is 0.345. The van der Waals surface area contributed by atoms with Gasteiger partial charge in [-0.25, -0.2) is 0 Å². The van der Waals surface area contributed by atoms with Crippen LogP contribution < -0.4 is 10.2 Å². The van der Waals surface area contributed by atoms with Gasteiger partial charge in [-0.15, -0.1) is 0 Å². The first-order valence-corrected chi connectivity index (χ1v) is 6.80. The largest absolute Gasteiger partial charge is 0.464 e. The molecule has 5 heteroatoms. The molecule has 2 rings (SSSR count). The van der Waals surface area contributed by atoms with Gasteiger partial charge in [-0.1, -0.05) is 19.1 Å². The molecule has 0 saturated heterocycles. The van der Waals surface area contributed by atoms with Gasteiger partial charge in [0.25, 0.3) is 5.91 Å². The van der Waals surface area contributed by atoms with Gasteiger partial charge >= 0.3 is 5.97 Å². The van der Waals surface area contributed by atoms with E-state index in [9.17, 15) is 9.59 Å². The Hall–Kier alpha value is -2.04. The summed E-state index contributed by atoms with van der Waals surface area (Å²) in [6, 6.07) is 7.63. The zero-order chi connectivity index (χ0) is 14.8. The molecule has 0 aliphatic carbocycles. The number of fused-ring (bicyclic) bond motifs is 1. The van der Waals surface area contributed by atoms with E-state index in [1.54, 1.807) is 11.8 Å². The predicted molar refractivity (Wildman–Crippen MR) is 77.7 cm³/mol. The molecule has 1 amide bonds. The number of anilines is 2. The summed E-state index contributed by atoms with van der Waals surface area (Å²) in [5.74, 6) is -0.274. The van der Waals surface area contributed by atoms with E-state index in [0.29, 0.717) is 13.0 Å². The molecular formula is C15H20N2O3. The third-order valence-electron chi connectivity index (χ3n) is 3.29. The number of amides is 1. The highest BCUT2D eigenvalue weighted by molar-refractivity contribution is 6.07. The van der Waals surface area contributed by atoms with Gasteiger partial charge < -0.3 is 15.0 Å². The van der Waals surface area contributed by atoms with Crippen molar-refractivity contribution in [2.75, 3.05) is 23.4 Å². The van der Waals surface area contributed by atoms with Gasteiger partial charge in [0.05, 0.1) is 17.9 Å². The minimum atomic E-state index is -0.664. The van der Waals surface area contributed by atoms with Crippen molar-refractivity contribution in [3.05, 3.63) is 24.3 Å². The SMILES string of the molecule is CCC(=O)OCCN1C(=O)C(C)(C)Nc2ccccc21. The molecule has 1 aromatic carbocycles. The van der Waals surface area contributed by atoms with E-state index in [1.165, 1.54) is 0 Å². The second-order valence-electron chi connectivity index (χ2n) is 5.30. The van der Waals surface area contributed by atoms with E-state index in [-0.39, 0.29) is 18.5 Å². The fourth-order valence-electron chi connectivity index (χ4n) is 2.23. The number of para-hydroxylation sites is 2. The second kappa shape index (κ2) is 5.53. The second-order valence-corrected chi connectivity index (χ2v) is 5.30. The number of hydrogen-bond acceptors (Lipinski definition) is 4. The highest BCUT2D eigenvalue weighted by Gasteiger charge is 2.38. The number of carbonyl (C=O) groups is 2. The summed E-state index contributed by atoms with van der Waals surface area (Å²) in [7, 11) is 0. The lowest BCUT2D eigenvalue weighted by Crippen LogP contribution is -2.54. The number of nitrogens with zero attached hydrogens (tertiary/aromatic N) is 1. The van der Waals surface area contributed by atoms with Gasteiger partial charge in [0, 0.05) is 6.42 Å². The standard InChI is InChI=1S/C15H20N2O3/c1-4-13(18)20-10-9-17-12-8-6-5-7-11(12)16-15(2,3)14(17)19/h5-8,16H,4,9-10H2,1-3H3. The molecule has 0 bridgehead atoms. The minimum Gasteiger partial charge on any atom is -0.464 e. The summed E-state index contributed by atoms with van der Waals surface area (Å²) < 4.78 is 5.07. The van der Waals surface area contributed by atoms with Gasteiger partial charge in [-0.3, -0.25) is 9.59 Å². The molecule has 0 atom stereocenters. The van der Waals surface area contributed by atoms with Gasteiger partial charge in [0.1, 0.15) is 12.1 Å².